The molecule has 2 saturated carbocycles. The SMILES string of the molecule is CC(=O)N[C@@H]1CCN(C2CCC(n3ccn(-c4ccc(OC5CCCC5)nc4)c3=O)CC2)C1. The third kappa shape index (κ3) is 5.00. The second kappa shape index (κ2) is 9.71. The molecule has 1 N–H and O–H groups in total. The van der Waals surface area contributed by atoms with Crippen molar-refractivity contribution in [3.63, 3.8) is 0 Å². The van der Waals surface area contributed by atoms with Crippen LogP contribution in [0.1, 0.15) is 70.8 Å². The number of likely N-dealkylation sites (tertiary alicyclic amines) is 1. The number of aromatic nitrogens is 3. The number of ether oxygens (including phenoxy) is 1. The van der Waals surface area contributed by atoms with Crippen molar-refractivity contribution < 1.29 is 9.53 Å². The fraction of sp³-hybridized carbons (Fsp3) is 0.640. The van der Waals surface area contributed by atoms with E-state index in [2.05, 4.69) is 15.2 Å². The monoisotopic (exact) mass is 453 g/mol. The van der Waals surface area contributed by atoms with E-state index in [9.17, 15) is 9.59 Å². The number of hydrogen-bond donors (Lipinski definition) is 1. The lowest BCUT2D eigenvalue weighted by atomic mass is 9.90. The van der Waals surface area contributed by atoms with Crippen LogP contribution < -0.4 is 15.7 Å². The Labute approximate surface area is 194 Å². The Hall–Kier alpha value is -2.61. The van der Waals surface area contributed by atoms with Gasteiger partial charge in [0, 0.05) is 56.6 Å². The summed E-state index contributed by atoms with van der Waals surface area (Å²) in [5.74, 6) is 0.694. The summed E-state index contributed by atoms with van der Waals surface area (Å²) in [6, 6.07) is 4.85. The first-order valence-electron chi connectivity index (χ1n) is 12.5. The number of carbonyl (C=O) groups is 1. The summed E-state index contributed by atoms with van der Waals surface area (Å²) in [6.45, 7) is 3.58. The number of nitrogens with one attached hydrogen (secondary N) is 1. The maximum atomic E-state index is 13.1. The molecule has 0 bridgehead atoms. The van der Waals surface area contributed by atoms with Crippen LogP contribution >= 0.6 is 0 Å². The van der Waals surface area contributed by atoms with E-state index in [1.165, 1.54) is 12.8 Å². The Morgan fingerprint density at radius 1 is 1.03 bits per heavy atom. The first-order valence-corrected chi connectivity index (χ1v) is 12.5. The maximum Gasteiger partial charge on any atom is 0.333 e. The van der Waals surface area contributed by atoms with Crippen LogP contribution in [0, 0.1) is 0 Å². The summed E-state index contributed by atoms with van der Waals surface area (Å²) in [6.07, 6.45) is 15.6. The molecule has 5 rings (SSSR count). The Bertz CT molecular complexity index is 1000. The highest BCUT2D eigenvalue weighted by atomic mass is 16.5. The van der Waals surface area contributed by atoms with Crippen LogP contribution in [0.25, 0.3) is 5.69 Å². The molecule has 8 nitrogen and oxygen atoms in total. The van der Waals surface area contributed by atoms with Crippen LogP contribution in [0.4, 0.5) is 0 Å². The highest BCUT2D eigenvalue weighted by molar-refractivity contribution is 5.73. The number of amides is 1. The Kier molecular flexibility index (Phi) is 6.53. The lowest BCUT2D eigenvalue weighted by Gasteiger charge is -2.34. The van der Waals surface area contributed by atoms with Crippen molar-refractivity contribution in [1.82, 2.24) is 24.3 Å². The van der Waals surface area contributed by atoms with Crippen LogP contribution in [0.3, 0.4) is 0 Å². The zero-order valence-electron chi connectivity index (χ0n) is 19.5. The van der Waals surface area contributed by atoms with E-state index < -0.39 is 0 Å². The molecule has 178 valence electrons. The quantitative estimate of drug-likeness (QED) is 0.727. The number of pyridine rings is 1. The molecule has 0 aromatic carbocycles. The molecule has 1 aliphatic heterocycles. The van der Waals surface area contributed by atoms with E-state index in [1.807, 2.05) is 29.1 Å². The van der Waals surface area contributed by atoms with Gasteiger partial charge in [0.25, 0.3) is 0 Å². The minimum Gasteiger partial charge on any atom is -0.474 e. The van der Waals surface area contributed by atoms with E-state index in [0.29, 0.717) is 11.9 Å². The molecular formula is C25H35N5O3. The minimum absolute atomic E-state index is 0.00314. The van der Waals surface area contributed by atoms with Gasteiger partial charge in [-0.3, -0.25) is 18.8 Å². The molecule has 3 aliphatic rings. The van der Waals surface area contributed by atoms with Gasteiger partial charge >= 0.3 is 5.69 Å². The maximum absolute atomic E-state index is 13.1. The second-order valence-electron chi connectivity index (χ2n) is 9.88. The van der Waals surface area contributed by atoms with Crippen molar-refractivity contribution in [2.75, 3.05) is 13.1 Å². The van der Waals surface area contributed by atoms with Crippen LogP contribution in [0.2, 0.25) is 0 Å². The molecule has 3 fully saturated rings. The van der Waals surface area contributed by atoms with E-state index in [0.717, 1.165) is 63.7 Å². The van der Waals surface area contributed by atoms with Crippen molar-refractivity contribution in [2.45, 2.75) is 88.9 Å². The Morgan fingerprint density at radius 2 is 1.79 bits per heavy atom. The summed E-state index contributed by atoms with van der Waals surface area (Å²) < 4.78 is 9.52. The Morgan fingerprint density at radius 3 is 2.48 bits per heavy atom. The van der Waals surface area contributed by atoms with Gasteiger partial charge in [-0.25, -0.2) is 9.78 Å². The highest BCUT2D eigenvalue weighted by Gasteiger charge is 2.32. The summed E-state index contributed by atoms with van der Waals surface area (Å²) in [7, 11) is 0. The summed E-state index contributed by atoms with van der Waals surface area (Å²) in [4.78, 5) is 31.4. The molecule has 0 spiro atoms. The average Bonchev–Trinajstić information content (AvgIpc) is 3.56. The third-order valence-electron chi connectivity index (χ3n) is 7.59. The van der Waals surface area contributed by atoms with Gasteiger partial charge < -0.3 is 10.1 Å². The van der Waals surface area contributed by atoms with Crippen LogP contribution in [-0.2, 0) is 4.79 Å². The summed E-state index contributed by atoms with van der Waals surface area (Å²) in [5, 5.41) is 3.05. The lowest BCUT2D eigenvalue weighted by molar-refractivity contribution is -0.119. The van der Waals surface area contributed by atoms with Gasteiger partial charge in [-0.15, -0.1) is 0 Å². The number of imidazole rings is 1. The van der Waals surface area contributed by atoms with Gasteiger partial charge in [-0.05, 0) is 63.9 Å². The predicted molar refractivity (Wildman–Crippen MR) is 126 cm³/mol. The fourth-order valence-corrected chi connectivity index (χ4v) is 5.85. The zero-order chi connectivity index (χ0) is 22.8. The van der Waals surface area contributed by atoms with Crippen molar-refractivity contribution in [2.24, 2.45) is 0 Å². The molecule has 1 amide bonds. The number of carbonyl (C=O) groups excluding carboxylic acids is 1. The van der Waals surface area contributed by atoms with Crippen molar-refractivity contribution in [3.8, 4) is 11.6 Å². The largest absolute Gasteiger partial charge is 0.474 e. The summed E-state index contributed by atoms with van der Waals surface area (Å²) in [5.41, 5.74) is 0.767. The van der Waals surface area contributed by atoms with Gasteiger partial charge in [-0.1, -0.05) is 0 Å². The van der Waals surface area contributed by atoms with Gasteiger partial charge in [0.15, 0.2) is 0 Å². The third-order valence-corrected chi connectivity index (χ3v) is 7.59. The van der Waals surface area contributed by atoms with E-state index in [-0.39, 0.29) is 29.8 Å². The highest BCUT2D eigenvalue weighted by Crippen LogP contribution is 2.32. The molecule has 3 heterocycles. The molecule has 0 radical (unpaired) electrons. The van der Waals surface area contributed by atoms with Crippen LogP contribution in [-0.4, -0.2) is 56.2 Å². The van der Waals surface area contributed by atoms with E-state index >= 15 is 0 Å². The molecule has 1 saturated heterocycles. The number of nitrogens with zero attached hydrogens (tertiary/aromatic N) is 4. The first kappa shape index (κ1) is 22.2. The zero-order valence-corrected chi connectivity index (χ0v) is 19.5. The first-order chi connectivity index (χ1) is 16.1. The molecule has 0 unspecified atom stereocenters. The minimum atomic E-state index is -0.00314. The topological polar surface area (TPSA) is 81.4 Å². The second-order valence-corrected chi connectivity index (χ2v) is 9.88. The molecule has 2 aromatic heterocycles. The molecule has 2 aromatic rings. The fourth-order valence-electron chi connectivity index (χ4n) is 5.85. The molecule has 2 aliphatic carbocycles. The van der Waals surface area contributed by atoms with Crippen LogP contribution in [0.15, 0.2) is 35.5 Å². The number of hydrogen-bond acceptors (Lipinski definition) is 5. The Balaban J connectivity index is 1.18. The lowest BCUT2D eigenvalue weighted by Crippen LogP contribution is -2.41. The van der Waals surface area contributed by atoms with Gasteiger partial charge in [0.05, 0.1) is 11.9 Å². The van der Waals surface area contributed by atoms with Gasteiger partial charge in [0.2, 0.25) is 11.8 Å². The smallest absolute Gasteiger partial charge is 0.333 e. The molecule has 33 heavy (non-hydrogen) atoms. The average molecular weight is 454 g/mol. The van der Waals surface area contributed by atoms with Crippen molar-refractivity contribution >= 4 is 5.91 Å². The molecule has 1 atom stereocenters. The van der Waals surface area contributed by atoms with Crippen molar-refractivity contribution in [3.05, 3.63) is 41.2 Å². The van der Waals surface area contributed by atoms with Gasteiger partial charge in [0.1, 0.15) is 6.10 Å². The summed E-state index contributed by atoms with van der Waals surface area (Å²) >= 11 is 0. The van der Waals surface area contributed by atoms with E-state index in [4.69, 9.17) is 4.74 Å². The van der Waals surface area contributed by atoms with Crippen molar-refractivity contribution in [1.29, 1.82) is 0 Å². The van der Waals surface area contributed by atoms with Crippen LogP contribution in [0.5, 0.6) is 5.88 Å². The molecular weight excluding hydrogens is 418 g/mol. The number of rotatable bonds is 6. The normalized spacial score (nSPS) is 26.5. The van der Waals surface area contributed by atoms with E-state index in [1.54, 1.807) is 17.7 Å². The predicted octanol–water partition coefficient (Wildman–Crippen LogP) is 3.05. The van der Waals surface area contributed by atoms with Gasteiger partial charge in [-0.2, -0.15) is 0 Å². The standard InChI is InChI=1S/C25H35N5O3/c1-18(31)27-19-12-13-28(17-19)20-6-8-21(9-7-20)29-14-15-30(25(29)32)22-10-11-24(26-16-22)33-23-4-2-3-5-23/h10-11,14-16,19-21,23H,2-9,12-13,17H2,1H3,(H,27,31)/t19-,20?,21?/m1/s1. The molecule has 8 heteroatoms.